The number of carbonyl (C=O) groups excluding carboxylic acids is 2. The summed E-state index contributed by atoms with van der Waals surface area (Å²) in [7, 11) is -18.7. The van der Waals surface area contributed by atoms with E-state index in [2.05, 4.69) is 28.1 Å². The number of anilines is 3. The third-order valence-corrected chi connectivity index (χ3v) is 10.3. The fourth-order valence-electron chi connectivity index (χ4n) is 4.58. The van der Waals surface area contributed by atoms with Crippen LogP contribution in [-0.4, -0.2) is 56.4 Å². The molecule has 262 valence electrons. The summed E-state index contributed by atoms with van der Waals surface area (Å²) in [5.74, 6) is -2.23. The topological polar surface area (TPSA) is 355 Å². The van der Waals surface area contributed by atoms with Gasteiger partial charge in [-0.1, -0.05) is 24.3 Å². The molecular formula is C24H22N7Na4O15P3. The number of phosphoric acid groups is 3. The number of carbonyl (C=O) groups is 2. The van der Waals surface area contributed by atoms with Crippen LogP contribution in [-0.2, 0) is 41.1 Å². The Morgan fingerprint density at radius 2 is 1.28 bits per heavy atom. The van der Waals surface area contributed by atoms with Crippen LogP contribution in [0.15, 0.2) is 61.2 Å². The summed E-state index contributed by atoms with van der Waals surface area (Å²) in [5.41, 5.74) is 17.5. The predicted octanol–water partition coefficient (Wildman–Crippen LogP) is -13.2. The zero-order chi connectivity index (χ0) is 35.7. The van der Waals surface area contributed by atoms with Crippen molar-refractivity contribution >= 4 is 63.8 Å². The second kappa shape index (κ2) is 20.9. The van der Waals surface area contributed by atoms with E-state index in [1.54, 1.807) is 6.07 Å². The van der Waals surface area contributed by atoms with Crippen LogP contribution in [0.4, 0.5) is 17.2 Å². The average Bonchev–Trinajstić information content (AvgIpc) is 3.56. The van der Waals surface area contributed by atoms with E-state index in [9.17, 15) is 42.9 Å². The number of esters is 2. The first-order chi connectivity index (χ1) is 22.9. The van der Waals surface area contributed by atoms with Crippen molar-refractivity contribution in [3.63, 3.8) is 0 Å². The monoisotopic (exact) mass is 833 g/mol. The van der Waals surface area contributed by atoms with Crippen molar-refractivity contribution in [2.24, 2.45) is 0 Å². The molecule has 3 heterocycles. The molecule has 53 heavy (non-hydrogen) atoms. The maximum absolute atomic E-state index is 13.4. The van der Waals surface area contributed by atoms with E-state index in [1.807, 2.05) is 0 Å². The van der Waals surface area contributed by atoms with Crippen molar-refractivity contribution in [2.75, 3.05) is 23.8 Å². The van der Waals surface area contributed by atoms with E-state index in [1.165, 1.54) is 47.0 Å². The molecule has 2 aromatic heterocycles. The van der Waals surface area contributed by atoms with Crippen molar-refractivity contribution in [1.29, 1.82) is 0 Å². The quantitative estimate of drug-likeness (QED) is 0.0516. The van der Waals surface area contributed by atoms with E-state index in [0.29, 0.717) is 0 Å². The molecule has 1 aliphatic rings. The number of rotatable bonds is 12. The molecule has 0 saturated carbocycles. The summed E-state index contributed by atoms with van der Waals surface area (Å²) < 4.78 is 64.8. The Balaban J connectivity index is 0.00000351. The summed E-state index contributed by atoms with van der Waals surface area (Å²) in [6, 6.07) is 11.4. The third kappa shape index (κ3) is 13.1. The second-order valence-corrected chi connectivity index (χ2v) is 14.1. The molecular weight excluding hydrogens is 811 g/mol. The number of hydrogen-bond acceptors (Lipinski definition) is 21. The zero-order valence-corrected chi connectivity index (χ0v) is 39.0. The first-order valence-corrected chi connectivity index (χ1v) is 17.7. The van der Waals surface area contributed by atoms with Crippen molar-refractivity contribution in [1.82, 2.24) is 19.5 Å². The number of fused-ring (bicyclic) bond motifs is 1. The Labute approximate surface area is 387 Å². The molecule has 4 aromatic rings. The number of phosphoric ester groups is 1. The minimum atomic E-state index is -6.33. The average molecular weight is 833 g/mol. The molecule has 2 aromatic carbocycles. The van der Waals surface area contributed by atoms with Gasteiger partial charge in [-0.25, -0.2) is 28.9 Å². The standard InChI is InChI=1S/C24H26N7O15P3.4Na/c25-14-7-3-1-5-12(14)23(32)43-18-16(9-41-48(37,38)46-49(39,40)45-47(34,35)36)42-22(31-11-30-17-20(27)28-10-29-21(17)31)19(18)44-24(33)13-6-2-4-8-15(13)26;;;;/h1-8,10-11,16,18-19,22H,9,25-26H2,(H,37,38)(H,39,40)(H2,27,28,29)(H2,34,35,36);;;;/q;4*+1/p-4. The number of hydrogen-bond donors (Lipinski definition) is 3. The molecule has 1 fully saturated rings. The van der Waals surface area contributed by atoms with Gasteiger partial charge in [-0.2, -0.15) is 0 Å². The summed E-state index contributed by atoms with van der Waals surface area (Å²) >= 11 is 0. The van der Waals surface area contributed by atoms with Crippen LogP contribution >= 0.6 is 23.5 Å². The maximum atomic E-state index is 13.4. The van der Waals surface area contributed by atoms with Gasteiger partial charge in [0.25, 0.3) is 15.6 Å². The van der Waals surface area contributed by atoms with Crippen LogP contribution in [0.3, 0.4) is 0 Å². The fourth-order valence-corrected chi connectivity index (χ4v) is 7.44. The molecule has 6 N–H and O–H groups in total. The number of nitrogens with two attached hydrogens (primary N) is 3. The van der Waals surface area contributed by atoms with Crippen LogP contribution in [0, 0.1) is 0 Å². The Morgan fingerprint density at radius 1 is 0.755 bits per heavy atom. The van der Waals surface area contributed by atoms with E-state index in [0.717, 1.165) is 12.7 Å². The Bertz CT molecular complexity index is 2060. The third-order valence-electron chi connectivity index (χ3n) is 6.59. The summed E-state index contributed by atoms with van der Waals surface area (Å²) in [6.07, 6.45) is -4.59. The first kappa shape index (κ1) is 50.7. The van der Waals surface area contributed by atoms with Crippen LogP contribution in [0.5, 0.6) is 0 Å². The molecule has 0 spiro atoms. The Kier molecular flexibility index (Phi) is 20.0. The molecule has 29 heteroatoms. The SMILES string of the molecule is Nc1ccccc1C(=O)OC1C(COP(=O)([O-])OP(=O)([O-])OP(=O)([O-])[O-])OC(n2cnc3c(N)ncnc32)C1OC(=O)c1ccccc1N.[Na+].[Na+].[Na+].[Na+]. The van der Waals surface area contributed by atoms with Crippen molar-refractivity contribution in [2.45, 2.75) is 24.5 Å². The molecule has 1 saturated heterocycles. The summed E-state index contributed by atoms with van der Waals surface area (Å²) in [4.78, 5) is 84.4. The predicted molar refractivity (Wildman–Crippen MR) is 155 cm³/mol. The molecule has 0 radical (unpaired) electrons. The van der Waals surface area contributed by atoms with Crippen LogP contribution in [0.1, 0.15) is 26.9 Å². The molecule has 22 nitrogen and oxygen atoms in total. The van der Waals surface area contributed by atoms with Gasteiger partial charge in [-0.15, -0.1) is 0 Å². The van der Waals surface area contributed by atoms with E-state index >= 15 is 0 Å². The molecule has 6 atom stereocenters. The molecule has 1 aliphatic heterocycles. The van der Waals surface area contributed by atoms with Crippen molar-refractivity contribution < 1.29 is 188 Å². The van der Waals surface area contributed by atoms with Crippen LogP contribution < -0.4 is 155 Å². The summed E-state index contributed by atoms with van der Waals surface area (Å²) in [5, 5.41) is 0. The smallest absolute Gasteiger partial charge is 0.790 e. The number of para-hydroxylation sites is 2. The van der Waals surface area contributed by atoms with Gasteiger partial charge < -0.3 is 60.1 Å². The largest absolute Gasteiger partial charge is 1.00 e. The maximum Gasteiger partial charge on any atom is 1.00 e. The molecule has 0 aliphatic carbocycles. The van der Waals surface area contributed by atoms with Gasteiger partial charge in [0.1, 0.15) is 17.9 Å². The van der Waals surface area contributed by atoms with Crippen molar-refractivity contribution in [3.05, 3.63) is 72.3 Å². The van der Waals surface area contributed by atoms with E-state index in [4.69, 9.17) is 31.4 Å². The van der Waals surface area contributed by atoms with Gasteiger partial charge in [-0.3, -0.25) is 18.0 Å². The van der Waals surface area contributed by atoms with E-state index in [-0.39, 0.29) is 158 Å². The number of nitrogens with zero attached hydrogens (tertiary/aromatic N) is 4. The number of imidazole rings is 1. The molecule has 0 amide bonds. The van der Waals surface area contributed by atoms with E-state index < -0.39 is 66.6 Å². The Morgan fingerprint density at radius 3 is 1.81 bits per heavy atom. The first-order valence-electron chi connectivity index (χ1n) is 13.4. The van der Waals surface area contributed by atoms with Gasteiger partial charge in [0.2, 0.25) is 0 Å². The van der Waals surface area contributed by atoms with Gasteiger partial charge in [0.05, 0.1) is 31.9 Å². The van der Waals surface area contributed by atoms with Gasteiger partial charge in [-0.05, 0) is 24.3 Å². The minimum Gasteiger partial charge on any atom is -0.790 e. The van der Waals surface area contributed by atoms with Gasteiger partial charge in [0.15, 0.2) is 29.9 Å². The molecule has 6 unspecified atom stereocenters. The molecule has 5 rings (SSSR count). The number of aromatic nitrogens is 4. The van der Waals surface area contributed by atoms with Crippen LogP contribution in [0.2, 0.25) is 0 Å². The van der Waals surface area contributed by atoms with Gasteiger partial charge in [0, 0.05) is 11.4 Å². The zero-order valence-electron chi connectivity index (χ0n) is 28.3. The number of nitrogen functional groups attached to an aromatic ring is 3. The normalized spacial score (nSPS) is 20.2. The number of ether oxygens (including phenoxy) is 3. The Hall–Kier alpha value is -0.300. The van der Waals surface area contributed by atoms with Crippen molar-refractivity contribution in [3.8, 4) is 0 Å². The van der Waals surface area contributed by atoms with Gasteiger partial charge >= 0.3 is 130 Å². The number of benzene rings is 2. The minimum absolute atomic E-state index is 0. The summed E-state index contributed by atoms with van der Waals surface area (Å²) in [6.45, 7) is -1.24. The second-order valence-electron chi connectivity index (χ2n) is 9.86. The molecule has 0 bridgehead atoms. The van der Waals surface area contributed by atoms with Crippen LogP contribution in [0.25, 0.3) is 11.2 Å². The fraction of sp³-hybridized carbons (Fsp3) is 0.208.